The van der Waals surface area contributed by atoms with Crippen molar-refractivity contribution >= 4 is 23.3 Å². The third-order valence-electron chi connectivity index (χ3n) is 4.24. The molecule has 2 aromatic heterocycles. The van der Waals surface area contributed by atoms with Crippen LogP contribution in [-0.4, -0.2) is 46.3 Å². The van der Waals surface area contributed by atoms with Gasteiger partial charge in [0.05, 0.1) is 11.9 Å². The van der Waals surface area contributed by atoms with E-state index in [4.69, 9.17) is 0 Å². The Morgan fingerprint density at radius 2 is 1.62 bits per heavy atom. The maximum Gasteiger partial charge on any atom is 0.249 e. The van der Waals surface area contributed by atoms with Gasteiger partial charge < -0.3 is 15.1 Å². The van der Waals surface area contributed by atoms with Gasteiger partial charge in [0.15, 0.2) is 5.82 Å². The van der Waals surface area contributed by atoms with Crippen LogP contribution < -0.4 is 15.1 Å². The number of piperazine rings is 1. The second-order valence-corrected chi connectivity index (χ2v) is 5.91. The second kappa shape index (κ2) is 7.30. The minimum absolute atomic E-state index is 0.278. The minimum Gasteiger partial charge on any atom is -0.353 e. The molecule has 0 saturated carbocycles. The molecule has 3 aromatic rings. The second-order valence-electron chi connectivity index (χ2n) is 5.91. The van der Waals surface area contributed by atoms with Crippen molar-refractivity contribution in [3.8, 4) is 0 Å². The summed E-state index contributed by atoms with van der Waals surface area (Å²) in [6.45, 7) is 3.29. The number of anilines is 4. The van der Waals surface area contributed by atoms with Crippen molar-refractivity contribution in [1.29, 1.82) is 0 Å². The summed E-state index contributed by atoms with van der Waals surface area (Å²) in [6, 6.07) is 12.3. The van der Waals surface area contributed by atoms with Crippen molar-refractivity contribution in [2.24, 2.45) is 0 Å². The molecule has 1 aliphatic heterocycles. The third-order valence-corrected chi connectivity index (χ3v) is 4.24. The number of nitrogens with zero attached hydrogens (tertiary/aromatic N) is 6. The van der Waals surface area contributed by atoms with E-state index in [0.717, 1.165) is 37.8 Å². The van der Waals surface area contributed by atoms with Crippen LogP contribution in [-0.2, 0) is 0 Å². The SMILES string of the molecule is Fc1ccccc1Nc1nncc(N2CCN(c3ccccn3)CC2)n1. The van der Waals surface area contributed by atoms with Crippen LogP contribution >= 0.6 is 0 Å². The highest BCUT2D eigenvalue weighted by Gasteiger charge is 2.19. The fourth-order valence-corrected chi connectivity index (χ4v) is 2.89. The zero-order chi connectivity index (χ0) is 17.8. The Morgan fingerprint density at radius 1 is 0.885 bits per heavy atom. The Labute approximate surface area is 150 Å². The average Bonchev–Trinajstić information content (AvgIpc) is 2.71. The highest BCUT2D eigenvalue weighted by molar-refractivity contribution is 5.55. The molecule has 1 aromatic carbocycles. The molecule has 1 fully saturated rings. The summed E-state index contributed by atoms with van der Waals surface area (Å²) in [6.07, 6.45) is 3.43. The first kappa shape index (κ1) is 16.2. The van der Waals surface area contributed by atoms with Gasteiger partial charge in [0.1, 0.15) is 11.6 Å². The highest BCUT2D eigenvalue weighted by atomic mass is 19.1. The number of hydrogen-bond acceptors (Lipinski definition) is 7. The van der Waals surface area contributed by atoms with E-state index in [-0.39, 0.29) is 11.8 Å². The molecule has 0 radical (unpaired) electrons. The summed E-state index contributed by atoms with van der Waals surface area (Å²) in [5, 5.41) is 10.8. The predicted octanol–water partition coefficient (Wildman–Crippen LogP) is 2.48. The van der Waals surface area contributed by atoms with E-state index in [1.807, 2.05) is 18.2 Å². The number of halogens is 1. The lowest BCUT2D eigenvalue weighted by Crippen LogP contribution is -2.47. The van der Waals surface area contributed by atoms with Crippen LogP contribution in [0.3, 0.4) is 0 Å². The molecule has 0 unspecified atom stereocenters. The van der Waals surface area contributed by atoms with Gasteiger partial charge in [-0.3, -0.25) is 0 Å². The van der Waals surface area contributed by atoms with Gasteiger partial charge in [0.25, 0.3) is 0 Å². The van der Waals surface area contributed by atoms with Gasteiger partial charge in [-0.2, -0.15) is 10.1 Å². The van der Waals surface area contributed by atoms with Crippen molar-refractivity contribution in [1.82, 2.24) is 20.2 Å². The van der Waals surface area contributed by atoms with Gasteiger partial charge in [-0.05, 0) is 24.3 Å². The minimum atomic E-state index is -0.356. The normalized spacial score (nSPS) is 14.3. The Bertz CT molecular complexity index is 866. The van der Waals surface area contributed by atoms with Gasteiger partial charge in [0.2, 0.25) is 5.95 Å². The quantitative estimate of drug-likeness (QED) is 0.774. The molecular formula is C18H18FN7. The Morgan fingerprint density at radius 3 is 2.35 bits per heavy atom. The van der Waals surface area contributed by atoms with E-state index < -0.39 is 0 Å². The van der Waals surface area contributed by atoms with E-state index in [1.165, 1.54) is 6.07 Å². The molecule has 1 N–H and O–H groups in total. The number of pyridine rings is 1. The van der Waals surface area contributed by atoms with Gasteiger partial charge in [-0.25, -0.2) is 9.37 Å². The van der Waals surface area contributed by atoms with Gasteiger partial charge in [-0.15, -0.1) is 5.10 Å². The van der Waals surface area contributed by atoms with Crippen molar-refractivity contribution in [2.45, 2.75) is 0 Å². The zero-order valence-electron chi connectivity index (χ0n) is 14.1. The van der Waals surface area contributed by atoms with Crippen LogP contribution in [0.15, 0.2) is 54.9 Å². The summed E-state index contributed by atoms with van der Waals surface area (Å²) in [4.78, 5) is 13.2. The first-order valence-electron chi connectivity index (χ1n) is 8.42. The number of hydrogen-bond donors (Lipinski definition) is 1. The topological polar surface area (TPSA) is 70.1 Å². The van der Waals surface area contributed by atoms with Gasteiger partial charge in [0, 0.05) is 32.4 Å². The Kier molecular flexibility index (Phi) is 4.55. The molecule has 0 bridgehead atoms. The summed E-state index contributed by atoms with van der Waals surface area (Å²) in [7, 11) is 0. The molecular weight excluding hydrogens is 333 g/mol. The first-order chi connectivity index (χ1) is 12.8. The van der Waals surface area contributed by atoms with E-state index in [9.17, 15) is 4.39 Å². The van der Waals surface area contributed by atoms with Crippen LogP contribution in [0, 0.1) is 5.82 Å². The van der Waals surface area contributed by atoms with Crippen LogP contribution in [0.4, 0.5) is 27.7 Å². The van der Waals surface area contributed by atoms with Crippen molar-refractivity contribution in [3.63, 3.8) is 0 Å². The number of aromatic nitrogens is 4. The molecule has 1 saturated heterocycles. The molecule has 0 atom stereocenters. The summed E-state index contributed by atoms with van der Waals surface area (Å²) in [5.41, 5.74) is 0.325. The molecule has 132 valence electrons. The number of nitrogens with one attached hydrogen (secondary N) is 1. The fourth-order valence-electron chi connectivity index (χ4n) is 2.89. The number of benzene rings is 1. The van der Waals surface area contributed by atoms with Crippen LogP contribution in [0.5, 0.6) is 0 Å². The van der Waals surface area contributed by atoms with Crippen molar-refractivity contribution < 1.29 is 4.39 Å². The van der Waals surface area contributed by atoms with Gasteiger partial charge >= 0.3 is 0 Å². The average molecular weight is 351 g/mol. The predicted molar refractivity (Wildman–Crippen MR) is 98.2 cm³/mol. The summed E-state index contributed by atoms with van der Waals surface area (Å²) < 4.78 is 13.8. The van der Waals surface area contributed by atoms with Gasteiger partial charge in [-0.1, -0.05) is 18.2 Å². The Hall–Kier alpha value is -3.29. The molecule has 1 aliphatic rings. The van der Waals surface area contributed by atoms with Crippen LogP contribution in [0.25, 0.3) is 0 Å². The maximum absolute atomic E-state index is 13.8. The largest absolute Gasteiger partial charge is 0.353 e. The number of rotatable bonds is 4. The maximum atomic E-state index is 13.8. The molecule has 4 rings (SSSR count). The lowest BCUT2D eigenvalue weighted by atomic mass is 10.3. The highest BCUT2D eigenvalue weighted by Crippen LogP contribution is 2.20. The van der Waals surface area contributed by atoms with E-state index in [1.54, 1.807) is 30.6 Å². The van der Waals surface area contributed by atoms with Crippen LogP contribution in [0.2, 0.25) is 0 Å². The standard InChI is InChI=1S/C18H18FN7/c19-14-5-1-2-6-15(14)22-18-23-17(13-21-24-18)26-11-9-25(10-12-26)16-7-3-4-8-20-16/h1-8,13H,9-12H2,(H,22,23,24). The molecule has 0 spiro atoms. The lowest BCUT2D eigenvalue weighted by molar-refractivity contribution is 0.631. The monoisotopic (exact) mass is 351 g/mol. The molecule has 26 heavy (non-hydrogen) atoms. The number of para-hydroxylation sites is 1. The van der Waals surface area contributed by atoms with Crippen molar-refractivity contribution in [2.75, 3.05) is 41.3 Å². The van der Waals surface area contributed by atoms with Crippen molar-refractivity contribution in [3.05, 3.63) is 60.7 Å². The Balaban J connectivity index is 1.44. The van der Waals surface area contributed by atoms with Crippen LogP contribution in [0.1, 0.15) is 0 Å². The smallest absolute Gasteiger partial charge is 0.249 e. The van der Waals surface area contributed by atoms with E-state index in [2.05, 4.69) is 35.3 Å². The van der Waals surface area contributed by atoms with E-state index >= 15 is 0 Å². The summed E-state index contributed by atoms with van der Waals surface area (Å²) in [5.74, 6) is 1.62. The molecule has 7 nitrogen and oxygen atoms in total. The third kappa shape index (κ3) is 3.53. The molecule has 3 heterocycles. The lowest BCUT2D eigenvalue weighted by Gasteiger charge is -2.35. The summed E-state index contributed by atoms with van der Waals surface area (Å²) >= 11 is 0. The first-order valence-corrected chi connectivity index (χ1v) is 8.42. The zero-order valence-corrected chi connectivity index (χ0v) is 14.1. The fraction of sp³-hybridized carbons (Fsp3) is 0.222. The van der Waals surface area contributed by atoms with E-state index in [0.29, 0.717) is 5.69 Å². The molecule has 0 aliphatic carbocycles. The molecule has 0 amide bonds. The molecule has 8 heteroatoms.